The van der Waals surface area contributed by atoms with Crippen molar-refractivity contribution in [1.82, 2.24) is 4.98 Å². The van der Waals surface area contributed by atoms with E-state index in [1.807, 2.05) is 18.2 Å². The number of nitrogens with one attached hydrogen (secondary N) is 2. The number of rotatable bonds is 4. The van der Waals surface area contributed by atoms with Gasteiger partial charge in [0.25, 0.3) is 0 Å². The lowest BCUT2D eigenvalue weighted by Crippen LogP contribution is -2.32. The topological polar surface area (TPSA) is 54.0 Å². The zero-order chi connectivity index (χ0) is 13.7. The van der Waals surface area contributed by atoms with Crippen molar-refractivity contribution >= 4 is 29.0 Å². The molecule has 19 heavy (non-hydrogen) atoms. The van der Waals surface area contributed by atoms with Gasteiger partial charge in [-0.25, -0.2) is 4.98 Å². The second-order valence-corrected chi connectivity index (χ2v) is 4.52. The van der Waals surface area contributed by atoms with E-state index in [2.05, 4.69) is 15.6 Å². The lowest BCUT2D eigenvalue weighted by Gasteiger charge is -2.14. The van der Waals surface area contributed by atoms with Crippen molar-refractivity contribution in [3.63, 3.8) is 0 Å². The highest BCUT2D eigenvalue weighted by atomic mass is 35.5. The van der Waals surface area contributed by atoms with Crippen molar-refractivity contribution < 1.29 is 4.79 Å². The summed E-state index contributed by atoms with van der Waals surface area (Å²) < 4.78 is 0. The molecule has 0 spiro atoms. The Kier molecular flexibility index (Phi) is 4.36. The normalized spacial score (nSPS) is 11.7. The Bertz CT molecular complexity index is 560. The predicted molar refractivity (Wildman–Crippen MR) is 77.4 cm³/mol. The van der Waals surface area contributed by atoms with Gasteiger partial charge in [-0.05, 0) is 37.3 Å². The second kappa shape index (κ2) is 6.20. The van der Waals surface area contributed by atoms with Crippen LogP contribution in [0.4, 0.5) is 11.5 Å². The molecule has 0 saturated heterocycles. The van der Waals surface area contributed by atoms with Gasteiger partial charge in [0.2, 0.25) is 5.91 Å². The van der Waals surface area contributed by atoms with Crippen molar-refractivity contribution in [1.29, 1.82) is 0 Å². The first kappa shape index (κ1) is 13.4. The van der Waals surface area contributed by atoms with Gasteiger partial charge in [0.05, 0.1) is 0 Å². The van der Waals surface area contributed by atoms with Crippen LogP contribution in [0.25, 0.3) is 0 Å². The molecular formula is C14H14ClN3O. The quantitative estimate of drug-likeness (QED) is 0.901. The fourth-order valence-electron chi connectivity index (χ4n) is 1.55. The van der Waals surface area contributed by atoms with Gasteiger partial charge in [-0.15, -0.1) is 0 Å². The SMILES string of the molecule is C[C@@H](Nc1ccccn1)C(=O)Nc1cccc(Cl)c1. The van der Waals surface area contributed by atoms with Crippen molar-refractivity contribution in [3.05, 3.63) is 53.7 Å². The molecule has 0 radical (unpaired) electrons. The third kappa shape index (κ3) is 3.96. The highest BCUT2D eigenvalue weighted by Gasteiger charge is 2.13. The molecule has 2 rings (SSSR count). The van der Waals surface area contributed by atoms with E-state index in [9.17, 15) is 4.79 Å². The lowest BCUT2D eigenvalue weighted by molar-refractivity contribution is -0.116. The van der Waals surface area contributed by atoms with Crippen LogP contribution in [-0.4, -0.2) is 16.9 Å². The summed E-state index contributed by atoms with van der Waals surface area (Å²) in [4.78, 5) is 16.1. The summed E-state index contributed by atoms with van der Waals surface area (Å²) in [6, 6.07) is 12.1. The molecule has 0 bridgehead atoms. The number of anilines is 2. The number of carbonyl (C=O) groups excluding carboxylic acids is 1. The molecule has 2 aromatic rings. The van der Waals surface area contributed by atoms with Gasteiger partial charge < -0.3 is 10.6 Å². The Labute approximate surface area is 116 Å². The maximum Gasteiger partial charge on any atom is 0.246 e. The Morgan fingerprint density at radius 2 is 2.11 bits per heavy atom. The summed E-state index contributed by atoms with van der Waals surface area (Å²) in [5, 5.41) is 6.40. The number of hydrogen-bond donors (Lipinski definition) is 2. The molecule has 0 saturated carbocycles. The summed E-state index contributed by atoms with van der Waals surface area (Å²) >= 11 is 5.86. The number of nitrogens with zero attached hydrogens (tertiary/aromatic N) is 1. The average molecular weight is 276 g/mol. The molecule has 1 heterocycles. The van der Waals surface area contributed by atoms with Crippen LogP contribution < -0.4 is 10.6 Å². The van der Waals surface area contributed by atoms with Crippen LogP contribution in [0.5, 0.6) is 0 Å². The monoisotopic (exact) mass is 275 g/mol. The van der Waals surface area contributed by atoms with Gasteiger partial charge >= 0.3 is 0 Å². The third-order valence-corrected chi connectivity index (χ3v) is 2.75. The van der Waals surface area contributed by atoms with Crippen molar-refractivity contribution in [2.75, 3.05) is 10.6 Å². The number of carbonyl (C=O) groups is 1. The number of amides is 1. The van der Waals surface area contributed by atoms with Gasteiger partial charge in [-0.1, -0.05) is 23.7 Å². The van der Waals surface area contributed by atoms with Gasteiger partial charge in [0, 0.05) is 16.9 Å². The molecular weight excluding hydrogens is 262 g/mol. The molecule has 0 unspecified atom stereocenters. The van der Waals surface area contributed by atoms with Crippen molar-refractivity contribution in [3.8, 4) is 0 Å². The first-order valence-electron chi connectivity index (χ1n) is 5.89. The van der Waals surface area contributed by atoms with Crippen LogP contribution in [0, 0.1) is 0 Å². The Balaban J connectivity index is 1.96. The average Bonchev–Trinajstić information content (AvgIpc) is 2.40. The molecule has 0 aliphatic heterocycles. The smallest absolute Gasteiger partial charge is 0.246 e. The van der Waals surface area contributed by atoms with Gasteiger partial charge in [0.15, 0.2) is 0 Å². The van der Waals surface area contributed by atoms with E-state index in [4.69, 9.17) is 11.6 Å². The molecule has 98 valence electrons. The van der Waals surface area contributed by atoms with Gasteiger partial charge in [-0.2, -0.15) is 0 Å². The lowest BCUT2D eigenvalue weighted by atomic mass is 10.2. The van der Waals surface area contributed by atoms with E-state index in [0.717, 1.165) is 0 Å². The van der Waals surface area contributed by atoms with E-state index >= 15 is 0 Å². The summed E-state index contributed by atoms with van der Waals surface area (Å²) in [7, 11) is 0. The maximum atomic E-state index is 12.0. The van der Waals surface area contributed by atoms with Crippen molar-refractivity contribution in [2.24, 2.45) is 0 Å². The van der Waals surface area contributed by atoms with E-state index < -0.39 is 6.04 Å². The van der Waals surface area contributed by atoms with Crippen LogP contribution in [0.1, 0.15) is 6.92 Å². The van der Waals surface area contributed by atoms with Gasteiger partial charge in [0.1, 0.15) is 11.9 Å². The first-order chi connectivity index (χ1) is 9.15. The number of pyridine rings is 1. The fraction of sp³-hybridized carbons (Fsp3) is 0.143. The number of benzene rings is 1. The molecule has 0 aliphatic carbocycles. The molecule has 1 aromatic heterocycles. The standard InChI is InChI=1S/C14H14ClN3O/c1-10(17-13-7-2-3-8-16-13)14(19)18-12-6-4-5-11(15)9-12/h2-10H,1H3,(H,16,17)(H,18,19)/t10-/m1/s1. The molecule has 1 atom stereocenters. The minimum atomic E-state index is -0.395. The van der Waals surface area contributed by atoms with E-state index in [-0.39, 0.29) is 5.91 Å². The molecule has 1 aromatic carbocycles. The Hall–Kier alpha value is -2.07. The zero-order valence-electron chi connectivity index (χ0n) is 10.4. The summed E-state index contributed by atoms with van der Waals surface area (Å²) in [6.07, 6.45) is 1.67. The largest absolute Gasteiger partial charge is 0.359 e. The van der Waals surface area contributed by atoms with E-state index in [1.54, 1.807) is 37.4 Å². The van der Waals surface area contributed by atoms with Gasteiger partial charge in [-0.3, -0.25) is 4.79 Å². The number of hydrogen-bond acceptors (Lipinski definition) is 3. The summed E-state index contributed by atoms with van der Waals surface area (Å²) in [6.45, 7) is 1.77. The highest BCUT2D eigenvalue weighted by Crippen LogP contribution is 2.15. The molecule has 4 nitrogen and oxygen atoms in total. The summed E-state index contributed by atoms with van der Waals surface area (Å²) in [5.41, 5.74) is 0.673. The third-order valence-electron chi connectivity index (χ3n) is 2.51. The zero-order valence-corrected chi connectivity index (χ0v) is 11.2. The number of aromatic nitrogens is 1. The minimum absolute atomic E-state index is 0.145. The van der Waals surface area contributed by atoms with E-state index in [0.29, 0.717) is 16.5 Å². The first-order valence-corrected chi connectivity index (χ1v) is 6.27. The minimum Gasteiger partial charge on any atom is -0.359 e. The Morgan fingerprint density at radius 1 is 1.26 bits per heavy atom. The van der Waals surface area contributed by atoms with Crippen LogP contribution in [0.15, 0.2) is 48.7 Å². The Morgan fingerprint density at radius 3 is 2.79 bits per heavy atom. The molecule has 2 N–H and O–H groups in total. The molecule has 5 heteroatoms. The number of halogens is 1. The molecule has 0 aliphatic rings. The second-order valence-electron chi connectivity index (χ2n) is 4.08. The summed E-state index contributed by atoms with van der Waals surface area (Å²) in [5.74, 6) is 0.518. The maximum absolute atomic E-state index is 12.0. The predicted octanol–water partition coefficient (Wildman–Crippen LogP) is 3.17. The van der Waals surface area contributed by atoms with E-state index in [1.165, 1.54) is 0 Å². The highest BCUT2D eigenvalue weighted by molar-refractivity contribution is 6.30. The van der Waals surface area contributed by atoms with Crippen LogP contribution in [0.3, 0.4) is 0 Å². The fourth-order valence-corrected chi connectivity index (χ4v) is 1.74. The van der Waals surface area contributed by atoms with Crippen LogP contribution in [-0.2, 0) is 4.79 Å². The van der Waals surface area contributed by atoms with Crippen LogP contribution in [0.2, 0.25) is 5.02 Å². The van der Waals surface area contributed by atoms with Crippen molar-refractivity contribution in [2.45, 2.75) is 13.0 Å². The molecule has 0 fully saturated rings. The van der Waals surface area contributed by atoms with Crippen LogP contribution >= 0.6 is 11.6 Å². The molecule has 1 amide bonds.